The van der Waals surface area contributed by atoms with Crippen LogP contribution in [0, 0.1) is 6.92 Å². The summed E-state index contributed by atoms with van der Waals surface area (Å²) in [4.78, 5) is 7.03. The van der Waals surface area contributed by atoms with Crippen LogP contribution in [0.1, 0.15) is 42.9 Å². The summed E-state index contributed by atoms with van der Waals surface area (Å²) < 4.78 is 3.09. The molecule has 1 heterocycles. The number of rotatable bonds is 5. The van der Waals surface area contributed by atoms with E-state index in [1.54, 1.807) is 0 Å². The van der Waals surface area contributed by atoms with E-state index in [1.165, 1.54) is 31.2 Å². The van der Waals surface area contributed by atoms with E-state index in [-0.39, 0.29) is 24.0 Å². The number of halogens is 2. The number of aliphatic imine (C=N–C) groups is 1. The lowest BCUT2D eigenvalue weighted by Crippen LogP contribution is -2.43. The third-order valence-corrected chi connectivity index (χ3v) is 5.46. The number of guanidine groups is 1. The standard InChI is InChI=1S/C19H27BrN6.HI/c1-14-23-24-18(26(14)3)12-21-19(22-17-6-4-5-7-17)25(2)13-15-8-10-16(20)11-9-15;/h8-11,17H,4-7,12-13H2,1-3H3,(H,21,22);1H. The zero-order valence-electron chi connectivity index (χ0n) is 16.2. The molecule has 0 atom stereocenters. The van der Waals surface area contributed by atoms with Gasteiger partial charge in [0.1, 0.15) is 12.4 Å². The molecule has 6 nitrogen and oxygen atoms in total. The number of aryl methyl sites for hydroxylation is 1. The molecule has 1 N–H and O–H groups in total. The highest BCUT2D eigenvalue weighted by atomic mass is 127. The van der Waals surface area contributed by atoms with Gasteiger partial charge in [0.25, 0.3) is 0 Å². The molecule has 1 aliphatic rings. The Labute approximate surface area is 187 Å². The number of nitrogens with zero attached hydrogens (tertiary/aromatic N) is 5. The SMILES string of the molecule is Cc1nnc(CN=C(NC2CCCC2)N(C)Cc2ccc(Br)cc2)n1C.I. The molecular formula is C19H28BrIN6. The molecule has 1 aliphatic carbocycles. The summed E-state index contributed by atoms with van der Waals surface area (Å²) in [5.74, 6) is 2.72. The number of hydrogen-bond acceptors (Lipinski definition) is 3. The lowest BCUT2D eigenvalue weighted by atomic mass is 10.2. The maximum absolute atomic E-state index is 4.84. The topological polar surface area (TPSA) is 58.3 Å². The van der Waals surface area contributed by atoms with Gasteiger partial charge in [-0.1, -0.05) is 40.9 Å². The first kappa shape index (κ1) is 22.1. The van der Waals surface area contributed by atoms with Gasteiger partial charge in [-0.15, -0.1) is 34.2 Å². The molecule has 0 unspecified atom stereocenters. The van der Waals surface area contributed by atoms with E-state index in [0.717, 1.165) is 28.6 Å². The van der Waals surface area contributed by atoms with Gasteiger partial charge in [0.2, 0.25) is 0 Å². The van der Waals surface area contributed by atoms with Gasteiger partial charge in [-0.2, -0.15) is 0 Å². The van der Waals surface area contributed by atoms with Crippen molar-refractivity contribution in [1.29, 1.82) is 0 Å². The third kappa shape index (κ3) is 6.17. The van der Waals surface area contributed by atoms with E-state index in [0.29, 0.717) is 12.6 Å². The second-order valence-corrected chi connectivity index (χ2v) is 7.89. The van der Waals surface area contributed by atoms with Gasteiger partial charge < -0.3 is 14.8 Å². The van der Waals surface area contributed by atoms with Crippen LogP contribution in [0.3, 0.4) is 0 Å². The van der Waals surface area contributed by atoms with Crippen molar-refractivity contribution >= 4 is 45.9 Å². The van der Waals surface area contributed by atoms with E-state index in [4.69, 9.17) is 4.99 Å². The summed E-state index contributed by atoms with van der Waals surface area (Å²) in [5.41, 5.74) is 1.26. The smallest absolute Gasteiger partial charge is 0.194 e. The molecule has 3 rings (SSSR count). The van der Waals surface area contributed by atoms with Gasteiger partial charge in [-0.25, -0.2) is 4.99 Å². The minimum Gasteiger partial charge on any atom is -0.353 e. The molecule has 1 fully saturated rings. The fraction of sp³-hybridized carbons (Fsp3) is 0.526. The molecule has 0 aliphatic heterocycles. The van der Waals surface area contributed by atoms with E-state index in [2.05, 4.69) is 67.7 Å². The molecular weight excluding hydrogens is 519 g/mol. The van der Waals surface area contributed by atoms with Crippen molar-refractivity contribution in [2.45, 2.75) is 51.7 Å². The van der Waals surface area contributed by atoms with Crippen molar-refractivity contribution in [3.63, 3.8) is 0 Å². The summed E-state index contributed by atoms with van der Waals surface area (Å²) in [6, 6.07) is 8.95. The first-order valence-electron chi connectivity index (χ1n) is 9.14. The number of hydrogen-bond donors (Lipinski definition) is 1. The summed E-state index contributed by atoms with van der Waals surface area (Å²) in [6.07, 6.45) is 5.02. The molecule has 1 aromatic carbocycles. The average molecular weight is 547 g/mol. The second kappa shape index (κ2) is 10.4. The first-order chi connectivity index (χ1) is 12.5. The molecule has 0 radical (unpaired) electrons. The molecule has 0 bridgehead atoms. The van der Waals surface area contributed by atoms with Crippen molar-refractivity contribution in [1.82, 2.24) is 25.0 Å². The minimum atomic E-state index is 0. The Morgan fingerprint density at radius 2 is 1.93 bits per heavy atom. The van der Waals surface area contributed by atoms with Gasteiger partial charge in [0.15, 0.2) is 11.8 Å². The Morgan fingerprint density at radius 3 is 2.52 bits per heavy atom. The summed E-state index contributed by atoms with van der Waals surface area (Å²) in [5, 5.41) is 12.0. The van der Waals surface area contributed by atoms with Crippen LogP contribution in [0.5, 0.6) is 0 Å². The Kier molecular flexibility index (Phi) is 8.53. The van der Waals surface area contributed by atoms with Crippen LogP contribution in [-0.4, -0.2) is 38.7 Å². The van der Waals surface area contributed by atoms with Gasteiger partial charge >= 0.3 is 0 Å². The minimum absolute atomic E-state index is 0. The molecule has 0 amide bonds. The molecule has 8 heteroatoms. The fourth-order valence-electron chi connectivity index (χ4n) is 3.20. The highest BCUT2D eigenvalue weighted by molar-refractivity contribution is 14.0. The quantitative estimate of drug-likeness (QED) is 0.349. The van der Waals surface area contributed by atoms with Crippen molar-refractivity contribution in [3.8, 4) is 0 Å². The molecule has 0 spiro atoms. The monoisotopic (exact) mass is 546 g/mol. The van der Waals surface area contributed by atoms with Crippen LogP contribution >= 0.6 is 39.9 Å². The maximum atomic E-state index is 4.84. The Balaban J connectivity index is 0.00000261. The van der Waals surface area contributed by atoms with Crippen molar-refractivity contribution in [2.24, 2.45) is 12.0 Å². The lowest BCUT2D eigenvalue weighted by molar-refractivity contribution is 0.456. The van der Waals surface area contributed by atoms with Crippen LogP contribution in [0.2, 0.25) is 0 Å². The highest BCUT2D eigenvalue weighted by Crippen LogP contribution is 2.18. The Hall–Kier alpha value is -1.16. The first-order valence-corrected chi connectivity index (χ1v) is 9.93. The van der Waals surface area contributed by atoms with Crippen molar-refractivity contribution in [2.75, 3.05) is 7.05 Å². The second-order valence-electron chi connectivity index (χ2n) is 6.97. The summed E-state index contributed by atoms with van der Waals surface area (Å²) >= 11 is 3.49. The van der Waals surface area contributed by atoms with Gasteiger partial charge in [-0.05, 0) is 37.5 Å². The normalized spacial score (nSPS) is 14.9. The largest absolute Gasteiger partial charge is 0.353 e. The molecule has 27 heavy (non-hydrogen) atoms. The van der Waals surface area contributed by atoms with E-state index in [9.17, 15) is 0 Å². The van der Waals surface area contributed by atoms with Gasteiger partial charge in [0.05, 0.1) is 0 Å². The van der Waals surface area contributed by atoms with Crippen LogP contribution in [0.25, 0.3) is 0 Å². The molecule has 2 aromatic rings. The van der Waals surface area contributed by atoms with Gasteiger partial charge in [-0.3, -0.25) is 0 Å². The predicted molar refractivity (Wildman–Crippen MR) is 123 cm³/mol. The Morgan fingerprint density at radius 1 is 1.26 bits per heavy atom. The van der Waals surface area contributed by atoms with Crippen LogP contribution in [-0.2, 0) is 20.1 Å². The van der Waals surface area contributed by atoms with Gasteiger partial charge in [0, 0.05) is 31.2 Å². The third-order valence-electron chi connectivity index (χ3n) is 4.94. The molecule has 1 aromatic heterocycles. The van der Waals surface area contributed by atoms with Crippen molar-refractivity contribution in [3.05, 3.63) is 46.0 Å². The summed E-state index contributed by atoms with van der Waals surface area (Å²) in [6.45, 7) is 3.29. The Bertz CT molecular complexity index is 752. The maximum Gasteiger partial charge on any atom is 0.194 e. The van der Waals surface area contributed by atoms with E-state index >= 15 is 0 Å². The van der Waals surface area contributed by atoms with E-state index < -0.39 is 0 Å². The lowest BCUT2D eigenvalue weighted by Gasteiger charge is -2.25. The average Bonchev–Trinajstić information content (AvgIpc) is 3.25. The molecule has 0 saturated heterocycles. The zero-order valence-corrected chi connectivity index (χ0v) is 20.1. The number of benzene rings is 1. The van der Waals surface area contributed by atoms with Crippen LogP contribution in [0.15, 0.2) is 33.7 Å². The predicted octanol–water partition coefficient (Wildman–Crippen LogP) is 4.02. The number of aromatic nitrogens is 3. The fourth-order valence-corrected chi connectivity index (χ4v) is 3.47. The van der Waals surface area contributed by atoms with Crippen molar-refractivity contribution < 1.29 is 0 Å². The molecule has 148 valence electrons. The highest BCUT2D eigenvalue weighted by Gasteiger charge is 2.18. The molecule has 1 saturated carbocycles. The van der Waals surface area contributed by atoms with E-state index in [1.807, 2.05) is 18.5 Å². The number of nitrogens with one attached hydrogen (secondary N) is 1. The zero-order chi connectivity index (χ0) is 18.5. The van der Waals surface area contributed by atoms with Crippen LogP contribution < -0.4 is 5.32 Å². The summed E-state index contributed by atoms with van der Waals surface area (Å²) in [7, 11) is 4.07. The van der Waals surface area contributed by atoms with Crippen LogP contribution in [0.4, 0.5) is 0 Å².